The van der Waals surface area contributed by atoms with E-state index in [4.69, 9.17) is 11.6 Å². The SMILES string of the molecule is O=C(CSc1ccc(F)c(Cl)c1)NNC(=O)c1ccc([N+](=O)[O-])cc1. The van der Waals surface area contributed by atoms with Crippen molar-refractivity contribution < 1.29 is 18.9 Å². The van der Waals surface area contributed by atoms with Gasteiger partial charge in [0.05, 0.1) is 15.7 Å². The molecule has 0 heterocycles. The normalized spacial score (nSPS) is 10.2. The quantitative estimate of drug-likeness (QED) is 0.469. The van der Waals surface area contributed by atoms with Crippen LogP contribution in [0, 0.1) is 15.9 Å². The number of nitro benzene ring substituents is 1. The Morgan fingerprint density at radius 1 is 1.16 bits per heavy atom. The maximum absolute atomic E-state index is 13.0. The van der Waals surface area contributed by atoms with Crippen LogP contribution in [0.25, 0.3) is 0 Å². The van der Waals surface area contributed by atoms with Gasteiger partial charge in [0.15, 0.2) is 0 Å². The van der Waals surface area contributed by atoms with Gasteiger partial charge in [0.2, 0.25) is 5.91 Å². The molecule has 2 aromatic rings. The Balaban J connectivity index is 1.81. The van der Waals surface area contributed by atoms with Crippen LogP contribution in [0.2, 0.25) is 5.02 Å². The molecule has 2 N–H and O–H groups in total. The van der Waals surface area contributed by atoms with Crippen molar-refractivity contribution in [3.63, 3.8) is 0 Å². The average Bonchev–Trinajstić information content (AvgIpc) is 2.60. The van der Waals surface area contributed by atoms with Gasteiger partial charge in [0, 0.05) is 22.6 Å². The Bertz CT molecular complexity index is 817. The fourth-order valence-corrected chi connectivity index (χ4v) is 2.67. The summed E-state index contributed by atoms with van der Waals surface area (Å²) in [5, 5.41) is 10.5. The van der Waals surface area contributed by atoms with Gasteiger partial charge in [0.25, 0.3) is 11.6 Å². The predicted molar refractivity (Wildman–Crippen MR) is 90.8 cm³/mol. The highest BCUT2D eigenvalue weighted by molar-refractivity contribution is 8.00. The second kappa shape index (κ2) is 8.45. The van der Waals surface area contributed by atoms with Gasteiger partial charge in [-0.15, -0.1) is 11.8 Å². The number of hydrogen-bond acceptors (Lipinski definition) is 5. The van der Waals surface area contributed by atoms with E-state index in [1.54, 1.807) is 0 Å². The van der Waals surface area contributed by atoms with Gasteiger partial charge in [0.1, 0.15) is 5.82 Å². The van der Waals surface area contributed by atoms with Crippen molar-refractivity contribution in [1.29, 1.82) is 0 Å². The maximum Gasteiger partial charge on any atom is 0.269 e. The number of carbonyl (C=O) groups excluding carboxylic acids is 2. The van der Waals surface area contributed by atoms with Crippen LogP contribution in [0.15, 0.2) is 47.4 Å². The molecule has 0 bridgehead atoms. The Labute approximate surface area is 150 Å². The first-order valence-corrected chi connectivity index (χ1v) is 8.14. The molecule has 0 spiro atoms. The first-order valence-electron chi connectivity index (χ1n) is 6.78. The molecule has 0 atom stereocenters. The van der Waals surface area contributed by atoms with E-state index in [1.165, 1.54) is 42.5 Å². The van der Waals surface area contributed by atoms with E-state index in [1.807, 2.05) is 0 Å². The van der Waals surface area contributed by atoms with E-state index < -0.39 is 22.6 Å². The highest BCUT2D eigenvalue weighted by Gasteiger charge is 2.11. The van der Waals surface area contributed by atoms with Gasteiger partial charge in [-0.25, -0.2) is 4.39 Å². The summed E-state index contributed by atoms with van der Waals surface area (Å²) in [5.41, 5.74) is 4.42. The zero-order valence-corrected chi connectivity index (χ0v) is 14.1. The predicted octanol–water partition coefficient (Wildman–Crippen LogP) is 2.94. The number of nitro groups is 1. The van der Waals surface area contributed by atoms with Crippen LogP contribution in [-0.4, -0.2) is 22.5 Å². The summed E-state index contributed by atoms with van der Waals surface area (Å²) >= 11 is 6.76. The van der Waals surface area contributed by atoms with Crippen molar-refractivity contribution in [2.45, 2.75) is 4.90 Å². The molecule has 0 aliphatic heterocycles. The lowest BCUT2D eigenvalue weighted by Crippen LogP contribution is -2.42. The van der Waals surface area contributed by atoms with E-state index in [0.717, 1.165) is 11.8 Å². The number of hydrogen-bond donors (Lipinski definition) is 2. The van der Waals surface area contributed by atoms with Gasteiger partial charge in [-0.2, -0.15) is 0 Å². The number of thioether (sulfide) groups is 1. The van der Waals surface area contributed by atoms with Gasteiger partial charge < -0.3 is 0 Å². The second-order valence-electron chi connectivity index (χ2n) is 4.67. The van der Waals surface area contributed by atoms with Crippen LogP contribution in [0.3, 0.4) is 0 Å². The molecule has 10 heteroatoms. The molecule has 25 heavy (non-hydrogen) atoms. The minimum absolute atomic E-state index is 0.0253. The number of benzene rings is 2. The Morgan fingerprint density at radius 3 is 2.44 bits per heavy atom. The first kappa shape index (κ1) is 18.7. The van der Waals surface area contributed by atoms with Crippen LogP contribution >= 0.6 is 23.4 Å². The molecule has 2 aromatic carbocycles. The van der Waals surface area contributed by atoms with Crippen molar-refractivity contribution in [2.75, 3.05) is 5.75 Å². The van der Waals surface area contributed by atoms with Crippen molar-refractivity contribution in [3.05, 3.63) is 69.0 Å². The third kappa shape index (κ3) is 5.44. The summed E-state index contributed by atoms with van der Waals surface area (Å²) in [7, 11) is 0. The third-order valence-corrected chi connectivity index (χ3v) is 4.20. The molecule has 2 amide bonds. The minimum atomic E-state index is -0.613. The summed E-state index contributed by atoms with van der Waals surface area (Å²) < 4.78 is 13.0. The molecule has 2 rings (SSSR count). The highest BCUT2D eigenvalue weighted by atomic mass is 35.5. The number of carbonyl (C=O) groups is 2. The number of halogens is 2. The van der Waals surface area contributed by atoms with Crippen molar-refractivity contribution in [2.24, 2.45) is 0 Å². The number of amides is 2. The van der Waals surface area contributed by atoms with E-state index in [-0.39, 0.29) is 22.0 Å². The van der Waals surface area contributed by atoms with E-state index in [2.05, 4.69) is 10.9 Å². The standard InChI is InChI=1S/C15H11ClFN3O4S/c16-12-7-11(5-6-13(12)17)25-8-14(21)18-19-15(22)9-1-3-10(4-2-9)20(23)24/h1-7H,8H2,(H,18,21)(H,19,22). The van der Waals surface area contributed by atoms with Gasteiger partial charge in [-0.3, -0.25) is 30.6 Å². The smallest absolute Gasteiger partial charge is 0.269 e. The maximum atomic E-state index is 13.0. The molecular weight excluding hydrogens is 373 g/mol. The molecule has 0 aliphatic carbocycles. The number of hydrazine groups is 1. The molecule has 0 aliphatic rings. The highest BCUT2D eigenvalue weighted by Crippen LogP contribution is 2.23. The van der Waals surface area contributed by atoms with Gasteiger partial charge >= 0.3 is 0 Å². The third-order valence-electron chi connectivity index (χ3n) is 2.92. The minimum Gasteiger partial charge on any atom is -0.272 e. The summed E-state index contributed by atoms with van der Waals surface area (Å²) in [6.45, 7) is 0. The van der Waals surface area contributed by atoms with Crippen LogP contribution in [0.5, 0.6) is 0 Å². The first-order chi connectivity index (χ1) is 11.9. The van der Waals surface area contributed by atoms with Crippen LogP contribution < -0.4 is 10.9 Å². The molecule has 0 radical (unpaired) electrons. The lowest BCUT2D eigenvalue weighted by atomic mass is 10.2. The summed E-state index contributed by atoms with van der Waals surface area (Å²) in [4.78, 5) is 34.1. The van der Waals surface area contributed by atoms with Gasteiger partial charge in [-0.05, 0) is 30.3 Å². The monoisotopic (exact) mass is 383 g/mol. The van der Waals surface area contributed by atoms with Crippen molar-refractivity contribution >= 4 is 40.9 Å². The number of nitrogens with one attached hydrogen (secondary N) is 2. The second-order valence-corrected chi connectivity index (χ2v) is 6.13. The molecule has 0 aromatic heterocycles. The topological polar surface area (TPSA) is 101 Å². The molecule has 7 nitrogen and oxygen atoms in total. The molecule has 0 saturated heterocycles. The molecule has 0 fully saturated rings. The summed E-state index contributed by atoms with van der Waals surface area (Å²) in [5.74, 6) is -1.67. The molecule has 0 saturated carbocycles. The largest absolute Gasteiger partial charge is 0.272 e. The van der Waals surface area contributed by atoms with Crippen LogP contribution in [-0.2, 0) is 4.79 Å². The Hall–Kier alpha value is -2.65. The number of nitrogens with zero attached hydrogens (tertiary/aromatic N) is 1. The summed E-state index contributed by atoms with van der Waals surface area (Å²) in [6, 6.07) is 8.98. The molecule has 0 unspecified atom stereocenters. The van der Waals surface area contributed by atoms with Crippen LogP contribution in [0.1, 0.15) is 10.4 Å². The zero-order chi connectivity index (χ0) is 18.4. The molecular formula is C15H11ClFN3O4S. The number of rotatable bonds is 5. The average molecular weight is 384 g/mol. The molecule has 130 valence electrons. The Morgan fingerprint density at radius 2 is 1.84 bits per heavy atom. The lowest BCUT2D eigenvalue weighted by Gasteiger charge is -2.07. The van der Waals surface area contributed by atoms with E-state index in [9.17, 15) is 24.1 Å². The number of non-ortho nitro benzene ring substituents is 1. The fraction of sp³-hybridized carbons (Fsp3) is 0.0667. The fourth-order valence-electron chi connectivity index (χ4n) is 1.68. The van der Waals surface area contributed by atoms with Crippen molar-refractivity contribution in [3.8, 4) is 0 Å². The zero-order valence-electron chi connectivity index (χ0n) is 12.5. The van der Waals surface area contributed by atoms with Crippen LogP contribution in [0.4, 0.5) is 10.1 Å². The van der Waals surface area contributed by atoms with Gasteiger partial charge in [-0.1, -0.05) is 11.6 Å². The van der Waals surface area contributed by atoms with Crippen molar-refractivity contribution in [1.82, 2.24) is 10.9 Å². The lowest BCUT2D eigenvalue weighted by molar-refractivity contribution is -0.384. The summed E-state index contributed by atoms with van der Waals surface area (Å²) in [6.07, 6.45) is 0. The van der Waals surface area contributed by atoms with E-state index >= 15 is 0 Å². The van der Waals surface area contributed by atoms with E-state index in [0.29, 0.717) is 4.90 Å². The Kier molecular flexibility index (Phi) is 6.31.